The van der Waals surface area contributed by atoms with Crippen LogP contribution in [0, 0.1) is 0 Å². The summed E-state index contributed by atoms with van der Waals surface area (Å²) < 4.78 is 7.63. The van der Waals surface area contributed by atoms with Crippen LogP contribution in [0.3, 0.4) is 0 Å². The number of nitrogens with one attached hydrogen (secondary N) is 1. The van der Waals surface area contributed by atoms with Gasteiger partial charge in [0.1, 0.15) is 23.2 Å². The Morgan fingerprint density at radius 2 is 2.10 bits per heavy atom. The molecule has 41 heavy (non-hydrogen) atoms. The number of allylic oxidation sites excluding steroid dienone is 3. The first-order valence-electron chi connectivity index (χ1n) is 14.1. The van der Waals surface area contributed by atoms with Gasteiger partial charge in [0.15, 0.2) is 0 Å². The number of aromatic amines is 1. The molecule has 4 aromatic rings. The number of hydrogen-bond acceptors (Lipinski definition) is 6. The molecule has 0 aliphatic carbocycles. The van der Waals surface area contributed by atoms with Gasteiger partial charge in [-0.1, -0.05) is 6.07 Å². The molecule has 0 spiro atoms. The Labute approximate surface area is 238 Å². The topological polar surface area (TPSA) is 109 Å². The van der Waals surface area contributed by atoms with E-state index in [9.17, 15) is 9.90 Å². The Kier molecular flexibility index (Phi) is 7.41. The number of aryl methyl sites for hydroxylation is 2. The van der Waals surface area contributed by atoms with Crippen molar-refractivity contribution in [3.63, 3.8) is 0 Å². The number of carbonyl (C=O) groups excluding carboxylic acids is 1. The highest BCUT2D eigenvalue weighted by Gasteiger charge is 2.28. The van der Waals surface area contributed by atoms with E-state index in [4.69, 9.17) is 9.72 Å². The number of amides is 1. The van der Waals surface area contributed by atoms with Crippen molar-refractivity contribution in [2.75, 3.05) is 20.2 Å². The van der Waals surface area contributed by atoms with Crippen molar-refractivity contribution in [3.8, 4) is 17.1 Å². The number of fused-ring (bicyclic) bond motifs is 1. The van der Waals surface area contributed by atoms with E-state index >= 15 is 0 Å². The van der Waals surface area contributed by atoms with Crippen molar-refractivity contribution in [1.82, 2.24) is 24.4 Å². The van der Waals surface area contributed by atoms with E-state index in [1.54, 1.807) is 19.4 Å². The van der Waals surface area contributed by atoms with Gasteiger partial charge in [-0.15, -0.1) is 0 Å². The van der Waals surface area contributed by atoms with Gasteiger partial charge in [-0.3, -0.25) is 9.79 Å². The average Bonchev–Trinajstić information content (AvgIpc) is 3.53. The number of hydrogen-bond donors (Lipinski definition) is 2. The quantitative estimate of drug-likeness (QED) is 0.325. The number of phenolic OH excluding ortho intramolecular Hbond substituents is 1. The largest absolute Gasteiger partial charge is 0.507 e. The maximum Gasteiger partial charge on any atom is 0.254 e. The Morgan fingerprint density at radius 3 is 2.93 bits per heavy atom. The fourth-order valence-corrected chi connectivity index (χ4v) is 5.78. The van der Waals surface area contributed by atoms with E-state index in [1.165, 1.54) is 0 Å². The molecule has 1 saturated heterocycles. The smallest absolute Gasteiger partial charge is 0.254 e. The zero-order valence-electron chi connectivity index (χ0n) is 23.4. The Bertz CT molecular complexity index is 1680. The minimum atomic E-state index is 0.0406. The molecular weight excluding hydrogens is 516 g/mol. The molecule has 9 heteroatoms. The van der Waals surface area contributed by atoms with Gasteiger partial charge in [0.2, 0.25) is 0 Å². The summed E-state index contributed by atoms with van der Waals surface area (Å²) in [5.74, 6) is 2.47. The standard InChI is InChI=1S/C32H34N6O3/c1-37-17-15-34-30(37)13-10-23-6-3-4-16-38(23)32(40)22-8-11-26-27(19-22)36-31(35-26)25-18-21(9-12-28(25)39)24-7-5-14-33-20-29(24)41-2/h5,7-9,11-12,14-15,17-19,23,39H,3-4,6,10,13,16,20H2,1-2H3,(H,35,36). The van der Waals surface area contributed by atoms with Crippen molar-refractivity contribution in [2.24, 2.45) is 12.0 Å². The van der Waals surface area contributed by atoms with Crippen LogP contribution in [0.25, 0.3) is 28.0 Å². The molecule has 0 saturated carbocycles. The van der Waals surface area contributed by atoms with Gasteiger partial charge in [-0.25, -0.2) is 9.97 Å². The molecule has 2 aromatic heterocycles. The molecule has 210 valence electrons. The van der Waals surface area contributed by atoms with Gasteiger partial charge in [0, 0.05) is 55.8 Å². The van der Waals surface area contributed by atoms with E-state index in [2.05, 4.69) is 15.0 Å². The molecule has 2 N–H and O–H groups in total. The fourth-order valence-electron chi connectivity index (χ4n) is 5.78. The molecule has 4 heterocycles. The maximum absolute atomic E-state index is 13.7. The molecule has 6 rings (SSSR count). The third-order valence-electron chi connectivity index (χ3n) is 8.04. The first-order chi connectivity index (χ1) is 20.0. The van der Waals surface area contributed by atoms with E-state index in [0.717, 1.165) is 72.4 Å². The van der Waals surface area contributed by atoms with Gasteiger partial charge < -0.3 is 24.3 Å². The summed E-state index contributed by atoms with van der Waals surface area (Å²) >= 11 is 0. The number of ether oxygens (including phenoxy) is 1. The first kappa shape index (κ1) is 26.6. The highest BCUT2D eigenvalue weighted by atomic mass is 16.5. The molecule has 1 fully saturated rings. The number of benzene rings is 2. The molecule has 2 aliphatic rings. The second kappa shape index (κ2) is 11.4. The fraction of sp³-hybridized carbons (Fsp3) is 0.312. The number of carbonyl (C=O) groups is 1. The van der Waals surface area contributed by atoms with Crippen LogP contribution in [0.1, 0.15) is 47.4 Å². The molecule has 2 aromatic carbocycles. The van der Waals surface area contributed by atoms with Crippen LogP contribution < -0.4 is 0 Å². The molecule has 0 radical (unpaired) electrons. The number of piperidine rings is 1. The van der Waals surface area contributed by atoms with Gasteiger partial charge in [0.05, 0.1) is 30.3 Å². The first-order valence-corrected chi connectivity index (χ1v) is 14.1. The van der Waals surface area contributed by atoms with Gasteiger partial charge >= 0.3 is 0 Å². The van der Waals surface area contributed by atoms with Crippen LogP contribution in [0.15, 0.2) is 71.7 Å². The molecule has 9 nitrogen and oxygen atoms in total. The SMILES string of the molecule is COC1=C(c2ccc(O)c(-c3nc4ccc(C(=O)N5CCCCC5CCc5nccn5C)cc4[nH]3)c2)C=CC=NC1. The van der Waals surface area contributed by atoms with Crippen molar-refractivity contribution >= 4 is 28.7 Å². The van der Waals surface area contributed by atoms with Crippen molar-refractivity contribution < 1.29 is 14.6 Å². The van der Waals surface area contributed by atoms with Crippen molar-refractivity contribution in [3.05, 3.63) is 83.7 Å². The summed E-state index contributed by atoms with van der Waals surface area (Å²) in [6.07, 6.45) is 14.2. The number of rotatable bonds is 7. The number of aliphatic imine (C=N–C) groups is 1. The number of likely N-dealkylation sites (tertiary alicyclic amines) is 1. The third-order valence-corrected chi connectivity index (χ3v) is 8.04. The minimum Gasteiger partial charge on any atom is -0.507 e. The van der Waals surface area contributed by atoms with E-state index in [-0.39, 0.29) is 17.7 Å². The predicted octanol–water partition coefficient (Wildman–Crippen LogP) is 5.29. The summed E-state index contributed by atoms with van der Waals surface area (Å²) in [4.78, 5) is 32.6. The maximum atomic E-state index is 13.7. The monoisotopic (exact) mass is 550 g/mol. The lowest BCUT2D eigenvalue weighted by Gasteiger charge is -2.36. The Hall–Kier alpha value is -4.66. The number of nitrogens with zero attached hydrogens (tertiary/aromatic N) is 5. The summed E-state index contributed by atoms with van der Waals surface area (Å²) in [7, 11) is 3.64. The van der Waals surface area contributed by atoms with E-state index in [1.807, 2.05) is 71.4 Å². The van der Waals surface area contributed by atoms with Gasteiger partial charge in [0.25, 0.3) is 5.91 Å². The number of aromatic hydroxyl groups is 1. The molecule has 0 bridgehead atoms. The second-order valence-electron chi connectivity index (χ2n) is 10.6. The van der Waals surface area contributed by atoms with Crippen LogP contribution >= 0.6 is 0 Å². The number of H-pyrrole nitrogens is 1. The van der Waals surface area contributed by atoms with Crippen LogP contribution in [-0.2, 0) is 18.2 Å². The average molecular weight is 551 g/mol. The van der Waals surface area contributed by atoms with Gasteiger partial charge in [-0.05, 0) is 73.7 Å². The minimum absolute atomic E-state index is 0.0406. The summed E-state index contributed by atoms with van der Waals surface area (Å²) in [6.45, 7) is 1.20. The highest BCUT2D eigenvalue weighted by molar-refractivity contribution is 5.98. The summed E-state index contributed by atoms with van der Waals surface area (Å²) in [5, 5.41) is 10.8. The molecule has 1 amide bonds. The van der Waals surface area contributed by atoms with E-state index in [0.29, 0.717) is 23.5 Å². The van der Waals surface area contributed by atoms with Crippen LogP contribution in [0.2, 0.25) is 0 Å². The molecule has 2 aliphatic heterocycles. The zero-order valence-corrected chi connectivity index (χ0v) is 23.4. The van der Waals surface area contributed by atoms with Crippen LogP contribution in [-0.4, -0.2) is 67.9 Å². The lowest BCUT2D eigenvalue weighted by Crippen LogP contribution is -2.44. The Morgan fingerprint density at radius 1 is 1.20 bits per heavy atom. The number of phenols is 1. The lowest BCUT2D eigenvalue weighted by atomic mass is 9.96. The van der Waals surface area contributed by atoms with Crippen molar-refractivity contribution in [1.29, 1.82) is 0 Å². The molecule has 1 unspecified atom stereocenters. The number of methoxy groups -OCH3 is 1. The number of imidazole rings is 2. The Balaban J connectivity index is 1.26. The molecule has 1 atom stereocenters. The summed E-state index contributed by atoms with van der Waals surface area (Å²) in [5.41, 5.74) is 4.46. The van der Waals surface area contributed by atoms with Crippen molar-refractivity contribution in [2.45, 2.75) is 38.1 Å². The highest BCUT2D eigenvalue weighted by Crippen LogP contribution is 2.34. The lowest BCUT2D eigenvalue weighted by molar-refractivity contribution is 0.0601. The molecular formula is C32H34N6O3. The predicted molar refractivity (Wildman–Crippen MR) is 160 cm³/mol. The van der Waals surface area contributed by atoms with E-state index < -0.39 is 0 Å². The second-order valence-corrected chi connectivity index (χ2v) is 10.6. The van der Waals surface area contributed by atoms with Crippen LogP contribution in [0.4, 0.5) is 0 Å². The normalized spacial score (nSPS) is 17.3. The summed E-state index contributed by atoms with van der Waals surface area (Å²) in [6, 6.07) is 11.2. The van der Waals surface area contributed by atoms with Crippen LogP contribution in [0.5, 0.6) is 5.75 Å². The van der Waals surface area contributed by atoms with Gasteiger partial charge in [-0.2, -0.15) is 0 Å². The zero-order chi connectivity index (χ0) is 28.3. The third kappa shape index (κ3) is 5.39. The number of aromatic nitrogens is 4.